The number of furan rings is 1. The van der Waals surface area contributed by atoms with E-state index in [1.807, 2.05) is 0 Å². The largest absolute Gasteiger partial charge is 0.466 e. The highest BCUT2D eigenvalue weighted by atomic mass is 35.5. The first kappa shape index (κ1) is 11.5. The number of amides is 1. The van der Waals surface area contributed by atoms with Gasteiger partial charge in [0.15, 0.2) is 6.61 Å². The number of halogens is 1. The smallest absolute Gasteiger partial charge is 0.412 e. The minimum absolute atomic E-state index is 0.104. The highest BCUT2D eigenvalue weighted by Gasteiger charge is 2.04. The fraction of sp³-hybridized carbons (Fsp3) is 0.0833. The maximum Gasteiger partial charge on any atom is 0.412 e. The average Bonchev–Trinajstić information content (AvgIpc) is 2.83. The summed E-state index contributed by atoms with van der Waals surface area (Å²) in [5.74, 6) is 0.594. The van der Waals surface area contributed by atoms with Crippen LogP contribution < -0.4 is 5.32 Å². The van der Waals surface area contributed by atoms with E-state index in [1.54, 1.807) is 36.4 Å². The molecule has 17 heavy (non-hydrogen) atoms. The topological polar surface area (TPSA) is 51.5 Å². The van der Waals surface area contributed by atoms with Crippen LogP contribution in [0.2, 0.25) is 5.02 Å². The van der Waals surface area contributed by atoms with Gasteiger partial charge in [-0.1, -0.05) is 11.6 Å². The molecule has 5 heteroatoms. The Labute approximate surface area is 103 Å². The monoisotopic (exact) mass is 251 g/mol. The van der Waals surface area contributed by atoms with Crippen LogP contribution in [-0.4, -0.2) is 6.09 Å². The summed E-state index contributed by atoms with van der Waals surface area (Å²) in [6.45, 7) is 0.104. The third-order valence-corrected chi connectivity index (χ3v) is 2.27. The second kappa shape index (κ2) is 5.41. The molecule has 0 bridgehead atoms. The Hall–Kier alpha value is -1.94. The van der Waals surface area contributed by atoms with Crippen molar-refractivity contribution in [3.05, 3.63) is 53.4 Å². The summed E-state index contributed by atoms with van der Waals surface area (Å²) in [6.07, 6.45) is 0.985. The lowest BCUT2D eigenvalue weighted by Gasteiger charge is -2.05. The Morgan fingerprint density at radius 2 is 2.06 bits per heavy atom. The van der Waals surface area contributed by atoms with Gasteiger partial charge in [-0.05, 0) is 36.4 Å². The summed E-state index contributed by atoms with van der Waals surface area (Å²) >= 11 is 5.72. The van der Waals surface area contributed by atoms with Crippen LogP contribution in [-0.2, 0) is 11.3 Å². The quantitative estimate of drug-likeness (QED) is 0.905. The number of ether oxygens (including phenoxy) is 1. The molecule has 0 saturated carbocycles. The fourth-order valence-electron chi connectivity index (χ4n) is 1.22. The Kier molecular flexibility index (Phi) is 3.67. The molecule has 2 rings (SSSR count). The van der Waals surface area contributed by atoms with Crippen molar-refractivity contribution in [3.63, 3.8) is 0 Å². The molecule has 88 valence electrons. The van der Waals surface area contributed by atoms with Gasteiger partial charge < -0.3 is 9.15 Å². The van der Waals surface area contributed by atoms with Gasteiger partial charge >= 0.3 is 6.09 Å². The number of hydrogen-bond acceptors (Lipinski definition) is 3. The number of nitrogens with one attached hydrogen (secondary N) is 1. The van der Waals surface area contributed by atoms with Crippen LogP contribution >= 0.6 is 11.6 Å². The number of anilines is 1. The highest BCUT2D eigenvalue weighted by Crippen LogP contribution is 2.13. The summed E-state index contributed by atoms with van der Waals surface area (Å²) in [6, 6.07) is 10.2. The van der Waals surface area contributed by atoms with Crippen molar-refractivity contribution in [1.29, 1.82) is 0 Å². The van der Waals surface area contributed by atoms with Crippen molar-refractivity contribution in [1.82, 2.24) is 0 Å². The summed E-state index contributed by atoms with van der Waals surface area (Å²) in [5, 5.41) is 3.18. The van der Waals surface area contributed by atoms with Crippen LogP contribution in [0.5, 0.6) is 0 Å². The molecule has 0 spiro atoms. The van der Waals surface area contributed by atoms with Crippen LogP contribution in [0.4, 0.5) is 10.5 Å². The van der Waals surface area contributed by atoms with Crippen LogP contribution in [0.25, 0.3) is 0 Å². The van der Waals surface area contributed by atoms with Crippen molar-refractivity contribution in [3.8, 4) is 0 Å². The number of benzene rings is 1. The molecule has 2 aromatic rings. The normalized spacial score (nSPS) is 9.94. The molecule has 1 heterocycles. The lowest BCUT2D eigenvalue weighted by molar-refractivity contribution is 0.146. The minimum Gasteiger partial charge on any atom is -0.466 e. The van der Waals surface area contributed by atoms with Crippen molar-refractivity contribution >= 4 is 23.4 Å². The first-order chi connectivity index (χ1) is 8.24. The molecule has 1 N–H and O–H groups in total. The van der Waals surface area contributed by atoms with E-state index < -0.39 is 6.09 Å². The highest BCUT2D eigenvalue weighted by molar-refractivity contribution is 6.30. The standard InChI is InChI=1S/C12H10ClNO3/c13-9-3-5-10(6-4-9)14-12(15)17-8-11-2-1-7-16-11/h1-7H,8H2,(H,14,15). The lowest BCUT2D eigenvalue weighted by Crippen LogP contribution is -2.13. The van der Waals surface area contributed by atoms with Crippen molar-refractivity contribution in [2.45, 2.75) is 6.61 Å². The molecular formula is C12H10ClNO3. The second-order valence-electron chi connectivity index (χ2n) is 3.29. The third-order valence-electron chi connectivity index (χ3n) is 2.02. The van der Waals surface area contributed by atoms with Crippen molar-refractivity contribution in [2.24, 2.45) is 0 Å². The van der Waals surface area contributed by atoms with Crippen molar-refractivity contribution in [2.75, 3.05) is 5.32 Å². The lowest BCUT2D eigenvalue weighted by atomic mass is 10.3. The van der Waals surface area contributed by atoms with Gasteiger partial charge in [0.05, 0.1) is 6.26 Å². The van der Waals surface area contributed by atoms with E-state index >= 15 is 0 Å². The number of carbonyl (C=O) groups excluding carboxylic acids is 1. The first-order valence-electron chi connectivity index (χ1n) is 4.96. The first-order valence-corrected chi connectivity index (χ1v) is 5.33. The van der Waals surface area contributed by atoms with E-state index in [2.05, 4.69) is 5.32 Å². The number of carbonyl (C=O) groups is 1. The molecule has 0 fully saturated rings. The number of hydrogen-bond donors (Lipinski definition) is 1. The van der Waals surface area contributed by atoms with Gasteiger partial charge in [0.25, 0.3) is 0 Å². The predicted octanol–water partition coefficient (Wildman–Crippen LogP) is 3.68. The summed E-state index contributed by atoms with van der Waals surface area (Å²) in [4.78, 5) is 11.4. The molecular weight excluding hydrogens is 242 g/mol. The van der Waals surface area contributed by atoms with Gasteiger partial charge in [0.1, 0.15) is 5.76 Å². The van der Waals surface area contributed by atoms with Crippen molar-refractivity contribution < 1.29 is 13.9 Å². The molecule has 0 saturated heterocycles. The third kappa shape index (κ3) is 3.53. The molecule has 1 aromatic carbocycles. The molecule has 0 aliphatic rings. The van der Waals surface area contributed by atoms with E-state index in [4.69, 9.17) is 20.8 Å². The van der Waals surface area contributed by atoms with Crippen LogP contribution in [0.1, 0.15) is 5.76 Å². The van der Waals surface area contributed by atoms with Gasteiger partial charge in [0.2, 0.25) is 0 Å². The zero-order chi connectivity index (χ0) is 12.1. The molecule has 0 aliphatic carbocycles. The van der Waals surface area contributed by atoms with Crippen LogP contribution in [0, 0.1) is 0 Å². The Morgan fingerprint density at radius 3 is 2.71 bits per heavy atom. The Balaban J connectivity index is 1.83. The fourth-order valence-corrected chi connectivity index (χ4v) is 1.34. The molecule has 1 amide bonds. The van der Waals surface area contributed by atoms with Crippen LogP contribution in [0.15, 0.2) is 47.1 Å². The maximum absolute atomic E-state index is 11.4. The van der Waals surface area contributed by atoms with Crippen LogP contribution in [0.3, 0.4) is 0 Å². The molecule has 0 atom stereocenters. The van der Waals surface area contributed by atoms with E-state index in [9.17, 15) is 4.79 Å². The van der Waals surface area contributed by atoms with Gasteiger partial charge in [0, 0.05) is 10.7 Å². The van der Waals surface area contributed by atoms with Gasteiger partial charge in [-0.25, -0.2) is 4.79 Å². The van der Waals surface area contributed by atoms with E-state index in [0.717, 1.165) is 0 Å². The van der Waals surface area contributed by atoms with Gasteiger partial charge in [-0.2, -0.15) is 0 Å². The molecule has 4 nitrogen and oxygen atoms in total. The molecule has 0 aliphatic heterocycles. The second-order valence-corrected chi connectivity index (χ2v) is 3.72. The van der Waals surface area contributed by atoms with E-state index in [-0.39, 0.29) is 6.61 Å². The predicted molar refractivity (Wildman–Crippen MR) is 64.0 cm³/mol. The SMILES string of the molecule is O=C(Nc1ccc(Cl)cc1)OCc1ccco1. The minimum atomic E-state index is -0.538. The average molecular weight is 252 g/mol. The number of rotatable bonds is 3. The zero-order valence-corrected chi connectivity index (χ0v) is 9.61. The molecule has 0 radical (unpaired) electrons. The maximum atomic E-state index is 11.4. The summed E-state index contributed by atoms with van der Waals surface area (Å²) < 4.78 is 9.97. The van der Waals surface area contributed by atoms with Gasteiger partial charge in [-0.3, -0.25) is 5.32 Å². The zero-order valence-electron chi connectivity index (χ0n) is 8.85. The summed E-state index contributed by atoms with van der Waals surface area (Å²) in [5.41, 5.74) is 0.624. The van der Waals surface area contributed by atoms with E-state index in [1.165, 1.54) is 6.26 Å². The van der Waals surface area contributed by atoms with E-state index in [0.29, 0.717) is 16.5 Å². The van der Waals surface area contributed by atoms with Gasteiger partial charge in [-0.15, -0.1) is 0 Å². The Morgan fingerprint density at radius 1 is 1.29 bits per heavy atom. The molecule has 0 unspecified atom stereocenters. The molecule has 1 aromatic heterocycles. The Bertz CT molecular complexity index is 479. The summed E-state index contributed by atoms with van der Waals surface area (Å²) in [7, 11) is 0.